The van der Waals surface area contributed by atoms with E-state index < -0.39 is 0 Å². The van der Waals surface area contributed by atoms with Crippen LogP contribution in [0.5, 0.6) is 0 Å². The molecule has 0 aliphatic carbocycles. The molecular formula is C10H17N3O. The standard InChI is InChI=1S/C10H17N3O/c1-10(4-2-3-5-14-10)9-12-7-8(6-11)13-9/h7H,2-6,11H2,1H3,(H,12,13). The van der Waals surface area contributed by atoms with Gasteiger partial charge in [0.1, 0.15) is 11.4 Å². The van der Waals surface area contributed by atoms with Gasteiger partial charge in [-0.15, -0.1) is 0 Å². The number of rotatable bonds is 2. The van der Waals surface area contributed by atoms with Gasteiger partial charge in [0.15, 0.2) is 0 Å². The van der Waals surface area contributed by atoms with Gasteiger partial charge in [0.25, 0.3) is 0 Å². The predicted molar refractivity (Wildman–Crippen MR) is 53.6 cm³/mol. The van der Waals surface area contributed by atoms with Gasteiger partial charge in [-0.2, -0.15) is 0 Å². The zero-order chi connectivity index (χ0) is 10.0. The fourth-order valence-electron chi connectivity index (χ4n) is 1.85. The van der Waals surface area contributed by atoms with Gasteiger partial charge in [-0.1, -0.05) is 0 Å². The molecule has 1 unspecified atom stereocenters. The first-order valence-electron chi connectivity index (χ1n) is 5.13. The molecule has 14 heavy (non-hydrogen) atoms. The number of nitrogens with zero attached hydrogens (tertiary/aromatic N) is 1. The molecule has 0 amide bonds. The average molecular weight is 195 g/mol. The first-order chi connectivity index (χ1) is 6.74. The van der Waals surface area contributed by atoms with Gasteiger partial charge in [0.2, 0.25) is 0 Å². The van der Waals surface area contributed by atoms with Crippen LogP contribution in [-0.4, -0.2) is 16.6 Å². The van der Waals surface area contributed by atoms with Crippen molar-refractivity contribution in [2.45, 2.75) is 38.3 Å². The summed E-state index contributed by atoms with van der Waals surface area (Å²) < 4.78 is 5.77. The highest BCUT2D eigenvalue weighted by molar-refractivity contribution is 5.08. The molecule has 0 saturated carbocycles. The Labute approximate surface area is 83.9 Å². The van der Waals surface area contributed by atoms with Gasteiger partial charge in [0.05, 0.1) is 0 Å². The van der Waals surface area contributed by atoms with Crippen LogP contribution in [0.4, 0.5) is 0 Å². The third-order valence-corrected chi connectivity index (χ3v) is 2.82. The molecule has 0 bridgehead atoms. The second kappa shape index (κ2) is 3.71. The van der Waals surface area contributed by atoms with Crippen molar-refractivity contribution in [2.24, 2.45) is 5.73 Å². The van der Waals surface area contributed by atoms with Gasteiger partial charge in [-0.25, -0.2) is 4.98 Å². The van der Waals surface area contributed by atoms with E-state index in [0.29, 0.717) is 6.54 Å². The number of hydrogen-bond acceptors (Lipinski definition) is 3. The van der Waals surface area contributed by atoms with E-state index in [1.165, 1.54) is 6.42 Å². The Morgan fingerprint density at radius 1 is 1.64 bits per heavy atom. The molecule has 1 aliphatic heterocycles. The van der Waals surface area contributed by atoms with E-state index in [-0.39, 0.29) is 5.60 Å². The fraction of sp³-hybridized carbons (Fsp3) is 0.700. The number of nitrogens with two attached hydrogens (primary N) is 1. The lowest BCUT2D eigenvalue weighted by Gasteiger charge is -2.31. The summed E-state index contributed by atoms with van der Waals surface area (Å²) in [5.74, 6) is 0.914. The molecule has 1 aromatic heterocycles. The summed E-state index contributed by atoms with van der Waals surface area (Å²) in [5.41, 5.74) is 6.26. The van der Waals surface area contributed by atoms with Crippen molar-refractivity contribution < 1.29 is 4.74 Å². The van der Waals surface area contributed by atoms with Crippen LogP contribution >= 0.6 is 0 Å². The molecule has 2 rings (SSSR count). The second-order valence-corrected chi connectivity index (χ2v) is 4.00. The Balaban J connectivity index is 2.19. The Morgan fingerprint density at radius 2 is 2.50 bits per heavy atom. The minimum Gasteiger partial charge on any atom is -0.367 e. The number of hydrogen-bond donors (Lipinski definition) is 2. The number of ether oxygens (including phenoxy) is 1. The summed E-state index contributed by atoms with van der Waals surface area (Å²) in [4.78, 5) is 7.53. The molecule has 0 aromatic carbocycles. The van der Waals surface area contributed by atoms with Crippen LogP contribution in [0.15, 0.2) is 6.20 Å². The van der Waals surface area contributed by atoms with Crippen molar-refractivity contribution in [1.29, 1.82) is 0 Å². The Hall–Kier alpha value is -0.870. The number of aromatic amines is 1. The highest BCUT2D eigenvalue weighted by Gasteiger charge is 2.32. The molecule has 1 aromatic rings. The molecule has 1 fully saturated rings. The fourth-order valence-corrected chi connectivity index (χ4v) is 1.85. The van der Waals surface area contributed by atoms with E-state index in [9.17, 15) is 0 Å². The lowest BCUT2D eigenvalue weighted by molar-refractivity contribution is -0.0756. The second-order valence-electron chi connectivity index (χ2n) is 4.00. The van der Waals surface area contributed by atoms with Crippen LogP contribution < -0.4 is 5.73 Å². The molecule has 78 valence electrons. The molecule has 1 atom stereocenters. The predicted octanol–water partition coefficient (Wildman–Crippen LogP) is 1.28. The van der Waals surface area contributed by atoms with Gasteiger partial charge < -0.3 is 15.5 Å². The smallest absolute Gasteiger partial charge is 0.138 e. The van der Waals surface area contributed by atoms with Gasteiger partial charge in [-0.05, 0) is 26.2 Å². The van der Waals surface area contributed by atoms with Crippen LogP contribution in [0, 0.1) is 0 Å². The first-order valence-corrected chi connectivity index (χ1v) is 5.13. The van der Waals surface area contributed by atoms with Crippen LogP contribution in [0.2, 0.25) is 0 Å². The lowest BCUT2D eigenvalue weighted by atomic mass is 9.95. The summed E-state index contributed by atoms with van der Waals surface area (Å²) in [6.45, 7) is 3.42. The van der Waals surface area contributed by atoms with E-state index in [1.54, 1.807) is 6.20 Å². The zero-order valence-corrected chi connectivity index (χ0v) is 8.55. The first kappa shape index (κ1) is 9.68. The SMILES string of the molecule is CC1(c2ncc(CN)[nH]2)CCCCO1. The Bertz CT molecular complexity index is 302. The summed E-state index contributed by atoms with van der Waals surface area (Å²) in [7, 11) is 0. The van der Waals surface area contributed by atoms with E-state index in [1.807, 2.05) is 0 Å². The molecule has 1 saturated heterocycles. The van der Waals surface area contributed by atoms with Crippen molar-refractivity contribution in [1.82, 2.24) is 9.97 Å². The van der Waals surface area contributed by atoms with Crippen molar-refractivity contribution in [3.05, 3.63) is 17.7 Å². The van der Waals surface area contributed by atoms with Gasteiger partial charge in [-0.3, -0.25) is 0 Å². The molecular weight excluding hydrogens is 178 g/mol. The minimum atomic E-state index is -0.230. The third kappa shape index (κ3) is 1.67. The quantitative estimate of drug-likeness (QED) is 0.747. The summed E-state index contributed by atoms with van der Waals surface area (Å²) in [6, 6.07) is 0. The van der Waals surface area contributed by atoms with Gasteiger partial charge >= 0.3 is 0 Å². The lowest BCUT2D eigenvalue weighted by Crippen LogP contribution is -2.31. The van der Waals surface area contributed by atoms with Gasteiger partial charge in [0, 0.05) is 25.0 Å². The number of H-pyrrole nitrogens is 1. The highest BCUT2D eigenvalue weighted by atomic mass is 16.5. The topological polar surface area (TPSA) is 63.9 Å². The maximum atomic E-state index is 5.77. The number of aromatic nitrogens is 2. The van der Waals surface area contributed by atoms with Crippen LogP contribution in [0.3, 0.4) is 0 Å². The minimum absolute atomic E-state index is 0.230. The molecule has 0 spiro atoms. The molecule has 2 heterocycles. The largest absolute Gasteiger partial charge is 0.367 e. The number of nitrogens with one attached hydrogen (secondary N) is 1. The molecule has 4 nitrogen and oxygen atoms in total. The molecule has 4 heteroatoms. The van der Waals surface area contributed by atoms with Crippen LogP contribution in [0.25, 0.3) is 0 Å². The molecule has 3 N–H and O–H groups in total. The highest BCUT2D eigenvalue weighted by Crippen LogP contribution is 2.32. The molecule has 0 radical (unpaired) electrons. The van der Waals surface area contributed by atoms with E-state index >= 15 is 0 Å². The van der Waals surface area contributed by atoms with Crippen LogP contribution in [0.1, 0.15) is 37.7 Å². The maximum absolute atomic E-state index is 5.77. The van der Waals surface area contributed by atoms with E-state index in [4.69, 9.17) is 10.5 Å². The third-order valence-electron chi connectivity index (χ3n) is 2.82. The van der Waals surface area contributed by atoms with E-state index in [2.05, 4.69) is 16.9 Å². The average Bonchev–Trinajstić information content (AvgIpc) is 2.67. The monoisotopic (exact) mass is 195 g/mol. The van der Waals surface area contributed by atoms with Crippen molar-refractivity contribution in [2.75, 3.05) is 6.61 Å². The normalized spacial score (nSPS) is 27.9. The van der Waals surface area contributed by atoms with E-state index in [0.717, 1.165) is 31.0 Å². The number of imidazole rings is 1. The maximum Gasteiger partial charge on any atom is 0.138 e. The summed E-state index contributed by atoms with van der Waals surface area (Å²) >= 11 is 0. The summed E-state index contributed by atoms with van der Waals surface area (Å²) in [6.07, 6.45) is 5.18. The van der Waals surface area contributed by atoms with Crippen LogP contribution in [-0.2, 0) is 16.9 Å². The molecule has 1 aliphatic rings. The Morgan fingerprint density at radius 3 is 3.07 bits per heavy atom. The summed E-state index contributed by atoms with van der Waals surface area (Å²) in [5, 5.41) is 0. The van der Waals surface area contributed by atoms with Crippen molar-refractivity contribution in [3.63, 3.8) is 0 Å². The zero-order valence-electron chi connectivity index (χ0n) is 8.55. The van der Waals surface area contributed by atoms with Crippen molar-refractivity contribution in [3.8, 4) is 0 Å². The Kier molecular flexibility index (Phi) is 2.56. The van der Waals surface area contributed by atoms with Crippen molar-refractivity contribution >= 4 is 0 Å².